The molecule has 1 fully saturated rings. The van der Waals surface area contributed by atoms with E-state index in [1.165, 1.54) is 0 Å². The van der Waals surface area contributed by atoms with Gasteiger partial charge in [0.2, 0.25) is 12.5 Å². The van der Waals surface area contributed by atoms with E-state index in [2.05, 4.69) is 9.30 Å². The van der Waals surface area contributed by atoms with Crippen LogP contribution in [0.1, 0.15) is 30.1 Å². The van der Waals surface area contributed by atoms with E-state index in [1.807, 2.05) is 48.7 Å². The van der Waals surface area contributed by atoms with Gasteiger partial charge < -0.3 is 33.0 Å². The van der Waals surface area contributed by atoms with Crippen molar-refractivity contribution >= 4 is 17.1 Å². The number of hydrogen-bond acceptors (Lipinski definition) is 7. The Morgan fingerprint density at radius 3 is 2.38 bits per heavy atom. The van der Waals surface area contributed by atoms with E-state index in [9.17, 15) is 0 Å². The molecule has 0 radical (unpaired) electrons. The highest BCUT2D eigenvalue weighted by Crippen LogP contribution is 2.40. The van der Waals surface area contributed by atoms with Gasteiger partial charge in [-0.3, -0.25) is 0 Å². The third kappa shape index (κ3) is 4.94. The summed E-state index contributed by atoms with van der Waals surface area (Å²) in [6.45, 7) is 3.23. The second kappa shape index (κ2) is 10.9. The number of ether oxygens (including phenoxy) is 5. The smallest absolute Gasteiger partial charge is 0.231 e. The summed E-state index contributed by atoms with van der Waals surface area (Å²) in [6, 6.07) is 14.0. The molecular weight excluding hydrogens is 518 g/mol. The summed E-state index contributed by atoms with van der Waals surface area (Å²) < 4.78 is 29.8. The number of rotatable bonds is 8. The van der Waals surface area contributed by atoms with Crippen LogP contribution in [0.5, 0.6) is 28.7 Å². The molecule has 9 heteroatoms. The quantitative estimate of drug-likeness (QED) is 0.274. The Kier molecular flexibility index (Phi) is 7.14. The lowest BCUT2D eigenvalue weighted by Gasteiger charge is -2.31. The van der Waals surface area contributed by atoms with Gasteiger partial charge in [-0.05, 0) is 80.4 Å². The van der Waals surface area contributed by atoms with Crippen LogP contribution in [-0.4, -0.2) is 62.0 Å². The molecule has 2 aliphatic heterocycles. The monoisotopic (exact) mass is 549 g/mol. The van der Waals surface area contributed by atoms with E-state index in [4.69, 9.17) is 40.3 Å². The number of imidazole rings is 1. The van der Waals surface area contributed by atoms with Crippen molar-refractivity contribution in [3.8, 4) is 40.0 Å². The number of likely N-dealkylation sites (tertiary alicyclic amines) is 1. The Morgan fingerprint density at radius 1 is 0.923 bits per heavy atom. The number of methoxy groups -OCH3 is 3. The molecule has 0 saturated carbocycles. The predicted octanol–water partition coefficient (Wildman–Crippen LogP) is 5.83. The normalized spacial score (nSPS) is 15.6. The van der Waals surface area contributed by atoms with E-state index in [0.29, 0.717) is 28.2 Å². The molecule has 0 atom stereocenters. The van der Waals surface area contributed by atoms with Crippen molar-refractivity contribution < 1.29 is 23.7 Å². The lowest BCUT2D eigenvalue weighted by molar-refractivity contribution is 0.174. The first-order chi connectivity index (χ1) is 19.1. The molecule has 39 heavy (non-hydrogen) atoms. The van der Waals surface area contributed by atoms with Crippen molar-refractivity contribution in [2.75, 3.05) is 47.8 Å². The van der Waals surface area contributed by atoms with E-state index in [1.54, 1.807) is 21.3 Å². The van der Waals surface area contributed by atoms with Crippen LogP contribution in [0.4, 0.5) is 0 Å². The Balaban J connectivity index is 1.18. The zero-order chi connectivity index (χ0) is 26.9. The van der Waals surface area contributed by atoms with Gasteiger partial charge in [0, 0.05) is 29.2 Å². The number of benzene rings is 2. The topological polar surface area (TPSA) is 66.7 Å². The third-order valence-electron chi connectivity index (χ3n) is 7.67. The number of halogens is 1. The Morgan fingerprint density at radius 2 is 1.67 bits per heavy atom. The van der Waals surface area contributed by atoms with Crippen molar-refractivity contribution in [2.45, 2.75) is 25.2 Å². The molecule has 0 N–H and O–H groups in total. The molecule has 2 aromatic carbocycles. The van der Waals surface area contributed by atoms with E-state index in [0.717, 1.165) is 78.6 Å². The van der Waals surface area contributed by atoms with Gasteiger partial charge in [0.15, 0.2) is 23.0 Å². The molecule has 0 bridgehead atoms. The fourth-order valence-corrected chi connectivity index (χ4v) is 5.77. The van der Waals surface area contributed by atoms with Crippen molar-refractivity contribution in [2.24, 2.45) is 0 Å². The highest BCUT2D eigenvalue weighted by Gasteiger charge is 2.26. The summed E-state index contributed by atoms with van der Waals surface area (Å²) >= 11 is 6.41. The fraction of sp³-hybridized carbons (Fsp3) is 0.367. The van der Waals surface area contributed by atoms with Gasteiger partial charge in [-0.25, -0.2) is 4.98 Å². The third-order valence-corrected chi connectivity index (χ3v) is 7.91. The Labute approximate surface area is 233 Å². The van der Waals surface area contributed by atoms with Crippen LogP contribution in [0, 0.1) is 0 Å². The van der Waals surface area contributed by atoms with Crippen molar-refractivity contribution in [3.63, 3.8) is 0 Å². The fourth-order valence-electron chi connectivity index (χ4n) is 5.61. The molecule has 0 unspecified atom stereocenters. The highest BCUT2D eigenvalue weighted by atomic mass is 35.5. The maximum atomic E-state index is 6.41. The lowest BCUT2D eigenvalue weighted by atomic mass is 9.95. The zero-order valence-corrected chi connectivity index (χ0v) is 23.2. The van der Waals surface area contributed by atoms with Crippen LogP contribution < -0.4 is 23.7 Å². The molecule has 0 spiro atoms. The van der Waals surface area contributed by atoms with Crippen LogP contribution in [-0.2, 0) is 6.42 Å². The predicted molar refractivity (Wildman–Crippen MR) is 150 cm³/mol. The maximum Gasteiger partial charge on any atom is 0.231 e. The van der Waals surface area contributed by atoms with Gasteiger partial charge >= 0.3 is 0 Å². The molecule has 4 aromatic rings. The summed E-state index contributed by atoms with van der Waals surface area (Å²) in [5.41, 5.74) is 4.07. The molecular formula is C30H32ClN3O5. The second-order valence-electron chi connectivity index (χ2n) is 9.89. The summed E-state index contributed by atoms with van der Waals surface area (Å²) in [5.74, 6) is 4.96. The first-order valence-electron chi connectivity index (χ1n) is 13.2. The van der Waals surface area contributed by atoms with Crippen LogP contribution in [0.15, 0.2) is 48.7 Å². The number of pyridine rings is 1. The molecule has 0 aliphatic carbocycles. The second-order valence-corrected chi connectivity index (χ2v) is 10.3. The SMILES string of the molecule is COc1cc(CCN2CCC(c3nc(-c4ccc5c(c4)OCO5)c4cc(Cl)ccn34)CC2)cc(OC)c1OC. The summed E-state index contributed by atoms with van der Waals surface area (Å²) in [6.07, 6.45) is 5.02. The van der Waals surface area contributed by atoms with Gasteiger partial charge in [0.25, 0.3) is 0 Å². The van der Waals surface area contributed by atoms with Crippen molar-refractivity contribution in [1.82, 2.24) is 14.3 Å². The number of piperidine rings is 1. The Hall–Kier alpha value is -3.62. The van der Waals surface area contributed by atoms with Gasteiger partial charge in [0.05, 0.1) is 32.5 Å². The summed E-state index contributed by atoms with van der Waals surface area (Å²) in [4.78, 5) is 7.69. The minimum atomic E-state index is 0.248. The standard InChI is InChI=1S/C30H32ClN3O5/c1-35-26-14-19(15-27(36-2)29(26)37-3)6-10-33-11-7-20(8-12-33)30-32-28(23-17-22(31)9-13-34(23)30)21-4-5-24-25(16-21)39-18-38-24/h4-5,9,13-17,20H,6-8,10-12,18H2,1-3H3. The van der Waals surface area contributed by atoms with Crippen LogP contribution >= 0.6 is 11.6 Å². The number of hydrogen-bond donors (Lipinski definition) is 0. The number of nitrogens with zero attached hydrogens (tertiary/aromatic N) is 3. The summed E-state index contributed by atoms with van der Waals surface area (Å²) in [5, 5.41) is 0.692. The molecule has 2 aromatic heterocycles. The number of fused-ring (bicyclic) bond motifs is 2. The van der Waals surface area contributed by atoms with E-state index in [-0.39, 0.29) is 6.79 Å². The molecule has 8 nitrogen and oxygen atoms in total. The average Bonchev–Trinajstić information content (AvgIpc) is 3.59. The summed E-state index contributed by atoms with van der Waals surface area (Å²) in [7, 11) is 4.92. The molecule has 4 heterocycles. The first-order valence-corrected chi connectivity index (χ1v) is 13.5. The molecule has 204 valence electrons. The van der Waals surface area contributed by atoms with Crippen LogP contribution in [0.2, 0.25) is 5.02 Å². The number of aromatic nitrogens is 2. The van der Waals surface area contributed by atoms with Gasteiger partial charge in [-0.1, -0.05) is 11.6 Å². The minimum absolute atomic E-state index is 0.248. The molecule has 2 aliphatic rings. The zero-order valence-electron chi connectivity index (χ0n) is 22.4. The molecule has 1 saturated heterocycles. The van der Waals surface area contributed by atoms with E-state index < -0.39 is 0 Å². The molecule has 0 amide bonds. The van der Waals surface area contributed by atoms with Gasteiger partial charge in [-0.2, -0.15) is 0 Å². The average molecular weight is 550 g/mol. The lowest BCUT2D eigenvalue weighted by Crippen LogP contribution is -2.34. The maximum absolute atomic E-state index is 6.41. The van der Waals surface area contributed by atoms with Crippen LogP contribution in [0.3, 0.4) is 0 Å². The highest BCUT2D eigenvalue weighted by molar-refractivity contribution is 6.31. The minimum Gasteiger partial charge on any atom is -0.493 e. The van der Waals surface area contributed by atoms with Crippen molar-refractivity contribution in [3.05, 3.63) is 65.1 Å². The molecule has 6 rings (SSSR count). The van der Waals surface area contributed by atoms with E-state index >= 15 is 0 Å². The van der Waals surface area contributed by atoms with Crippen molar-refractivity contribution in [1.29, 1.82) is 0 Å². The van der Waals surface area contributed by atoms with Gasteiger partial charge in [0.1, 0.15) is 5.82 Å². The Bertz CT molecular complexity index is 1470. The van der Waals surface area contributed by atoms with Gasteiger partial charge in [-0.15, -0.1) is 0 Å². The van der Waals surface area contributed by atoms with Crippen LogP contribution in [0.25, 0.3) is 16.8 Å². The largest absolute Gasteiger partial charge is 0.493 e. The first kappa shape index (κ1) is 25.6.